The Morgan fingerprint density at radius 2 is 2.00 bits per heavy atom. The van der Waals surface area contributed by atoms with Gasteiger partial charge in [-0.25, -0.2) is 0 Å². The van der Waals surface area contributed by atoms with Gasteiger partial charge < -0.3 is 5.32 Å². The summed E-state index contributed by atoms with van der Waals surface area (Å²) in [5, 5.41) is 3.78. The minimum Gasteiger partial charge on any atom is -0.313 e. The van der Waals surface area contributed by atoms with E-state index in [0.29, 0.717) is 11.5 Å². The van der Waals surface area contributed by atoms with Crippen LogP contribution in [0.2, 0.25) is 0 Å². The molecule has 0 amide bonds. The summed E-state index contributed by atoms with van der Waals surface area (Å²) in [6.45, 7) is 12.6. The Balaban J connectivity index is 2.09. The number of rotatable bonds is 6. The molecular weight excluding hydrogens is 230 g/mol. The fraction of sp³-hybridized carbons (Fsp3) is 0.667. The lowest BCUT2D eigenvalue weighted by Crippen LogP contribution is -2.35. The highest BCUT2D eigenvalue weighted by Crippen LogP contribution is 2.54. The predicted molar refractivity (Wildman–Crippen MR) is 83.6 cm³/mol. The second kappa shape index (κ2) is 5.66. The third kappa shape index (κ3) is 3.60. The topological polar surface area (TPSA) is 12.0 Å². The molecule has 0 bridgehead atoms. The molecule has 0 heterocycles. The molecule has 1 aliphatic rings. The van der Waals surface area contributed by atoms with Crippen LogP contribution in [0.15, 0.2) is 18.2 Å². The molecule has 106 valence electrons. The number of hydrogen-bond donors (Lipinski definition) is 1. The lowest BCUT2D eigenvalue weighted by atomic mass is 9.94. The van der Waals surface area contributed by atoms with Crippen molar-refractivity contribution in [3.05, 3.63) is 34.9 Å². The van der Waals surface area contributed by atoms with Crippen LogP contribution < -0.4 is 5.32 Å². The van der Waals surface area contributed by atoms with Crippen molar-refractivity contribution >= 4 is 0 Å². The van der Waals surface area contributed by atoms with Gasteiger partial charge >= 0.3 is 0 Å². The van der Waals surface area contributed by atoms with Gasteiger partial charge in [0.2, 0.25) is 0 Å². The standard InChI is InChI=1S/C18H29N/c1-6-9-19-17(16-12-18(16,4)5)11-15-10-13(2)7-8-14(15)3/h7-8,10,16-17,19H,6,9,11-12H2,1-5H3. The number of benzene rings is 1. The van der Waals surface area contributed by atoms with Gasteiger partial charge in [0, 0.05) is 6.04 Å². The summed E-state index contributed by atoms with van der Waals surface area (Å²) < 4.78 is 0. The second-order valence-corrected chi connectivity index (χ2v) is 6.99. The summed E-state index contributed by atoms with van der Waals surface area (Å²) >= 11 is 0. The molecule has 1 aliphatic carbocycles. The van der Waals surface area contributed by atoms with Crippen LogP contribution >= 0.6 is 0 Å². The monoisotopic (exact) mass is 259 g/mol. The number of nitrogens with one attached hydrogen (secondary N) is 1. The normalized spacial score (nSPS) is 22.3. The van der Waals surface area contributed by atoms with Crippen LogP contribution in [0.3, 0.4) is 0 Å². The average molecular weight is 259 g/mol. The summed E-state index contributed by atoms with van der Waals surface area (Å²) in [4.78, 5) is 0. The van der Waals surface area contributed by atoms with Crippen molar-refractivity contribution in [1.29, 1.82) is 0 Å². The van der Waals surface area contributed by atoms with E-state index in [-0.39, 0.29) is 0 Å². The molecule has 1 nitrogen and oxygen atoms in total. The molecule has 1 N–H and O–H groups in total. The quantitative estimate of drug-likeness (QED) is 0.805. The Morgan fingerprint density at radius 3 is 2.58 bits per heavy atom. The highest BCUT2D eigenvalue weighted by atomic mass is 14.9. The predicted octanol–water partition coefficient (Wildman–Crippen LogP) is 4.26. The zero-order valence-electron chi connectivity index (χ0n) is 13.2. The van der Waals surface area contributed by atoms with Crippen LogP contribution in [0.25, 0.3) is 0 Å². The highest BCUT2D eigenvalue weighted by Gasteiger charge is 2.49. The van der Waals surface area contributed by atoms with Crippen LogP contribution in [0.5, 0.6) is 0 Å². The minimum atomic E-state index is 0.545. The maximum atomic E-state index is 3.78. The van der Waals surface area contributed by atoms with Crippen LogP contribution in [0, 0.1) is 25.2 Å². The van der Waals surface area contributed by atoms with Crippen LogP contribution in [-0.2, 0) is 6.42 Å². The zero-order valence-corrected chi connectivity index (χ0v) is 13.2. The maximum absolute atomic E-state index is 3.78. The highest BCUT2D eigenvalue weighted by molar-refractivity contribution is 5.31. The van der Waals surface area contributed by atoms with E-state index in [1.807, 2.05) is 0 Å². The minimum absolute atomic E-state index is 0.545. The van der Waals surface area contributed by atoms with Crippen LogP contribution in [0.4, 0.5) is 0 Å². The molecule has 0 spiro atoms. The third-order valence-corrected chi connectivity index (χ3v) is 4.68. The molecule has 19 heavy (non-hydrogen) atoms. The largest absolute Gasteiger partial charge is 0.313 e. The van der Waals surface area contributed by atoms with E-state index in [4.69, 9.17) is 0 Å². The first-order chi connectivity index (χ1) is 8.94. The zero-order chi connectivity index (χ0) is 14.0. The summed E-state index contributed by atoms with van der Waals surface area (Å²) in [5.41, 5.74) is 4.89. The molecule has 0 aromatic heterocycles. The molecule has 2 rings (SSSR count). The van der Waals surface area contributed by atoms with Crippen molar-refractivity contribution in [1.82, 2.24) is 5.32 Å². The van der Waals surface area contributed by atoms with Crippen molar-refractivity contribution in [2.24, 2.45) is 11.3 Å². The van der Waals surface area contributed by atoms with Gasteiger partial charge in [0.15, 0.2) is 0 Å². The Hall–Kier alpha value is -0.820. The first-order valence-electron chi connectivity index (χ1n) is 7.73. The SMILES string of the molecule is CCCNC(Cc1cc(C)ccc1C)C1CC1(C)C. The van der Waals surface area contributed by atoms with E-state index < -0.39 is 0 Å². The van der Waals surface area contributed by atoms with Gasteiger partial charge in [-0.2, -0.15) is 0 Å². The van der Waals surface area contributed by atoms with Crippen molar-refractivity contribution in [2.45, 2.75) is 59.9 Å². The Bertz CT molecular complexity index is 433. The fourth-order valence-corrected chi connectivity index (χ4v) is 3.14. The first-order valence-corrected chi connectivity index (χ1v) is 7.73. The molecule has 0 saturated heterocycles. The van der Waals surface area contributed by atoms with E-state index in [2.05, 4.69) is 58.1 Å². The van der Waals surface area contributed by atoms with Gasteiger partial charge in [-0.3, -0.25) is 0 Å². The van der Waals surface area contributed by atoms with Crippen molar-refractivity contribution in [2.75, 3.05) is 6.54 Å². The van der Waals surface area contributed by atoms with E-state index in [9.17, 15) is 0 Å². The second-order valence-electron chi connectivity index (χ2n) is 6.99. The van der Waals surface area contributed by atoms with Gasteiger partial charge in [-0.05, 0) is 62.1 Å². The van der Waals surface area contributed by atoms with E-state index in [0.717, 1.165) is 12.5 Å². The lowest BCUT2D eigenvalue weighted by molar-refractivity contribution is 0.402. The van der Waals surface area contributed by atoms with E-state index in [1.54, 1.807) is 0 Å². The summed E-state index contributed by atoms with van der Waals surface area (Å²) in [6.07, 6.45) is 3.78. The lowest BCUT2D eigenvalue weighted by Gasteiger charge is -2.21. The van der Waals surface area contributed by atoms with Crippen LogP contribution in [0.1, 0.15) is 50.3 Å². The molecule has 1 aromatic carbocycles. The molecule has 2 unspecified atom stereocenters. The molecule has 0 radical (unpaired) electrons. The van der Waals surface area contributed by atoms with Crippen LogP contribution in [-0.4, -0.2) is 12.6 Å². The molecule has 1 saturated carbocycles. The first kappa shape index (κ1) is 14.6. The molecule has 1 aromatic rings. The molecule has 0 aliphatic heterocycles. The number of hydrogen-bond acceptors (Lipinski definition) is 1. The van der Waals surface area contributed by atoms with E-state index >= 15 is 0 Å². The Morgan fingerprint density at radius 1 is 1.32 bits per heavy atom. The van der Waals surface area contributed by atoms with Crippen molar-refractivity contribution < 1.29 is 0 Å². The van der Waals surface area contributed by atoms with Gasteiger partial charge in [-0.1, -0.05) is 44.5 Å². The summed E-state index contributed by atoms with van der Waals surface area (Å²) in [6, 6.07) is 7.50. The van der Waals surface area contributed by atoms with E-state index in [1.165, 1.54) is 36.0 Å². The van der Waals surface area contributed by atoms with Gasteiger partial charge in [-0.15, -0.1) is 0 Å². The van der Waals surface area contributed by atoms with Crippen molar-refractivity contribution in [3.63, 3.8) is 0 Å². The van der Waals surface area contributed by atoms with Gasteiger partial charge in [0.05, 0.1) is 0 Å². The van der Waals surface area contributed by atoms with Gasteiger partial charge in [0.25, 0.3) is 0 Å². The average Bonchev–Trinajstić information content (AvgIpc) is 2.98. The fourth-order valence-electron chi connectivity index (χ4n) is 3.14. The smallest absolute Gasteiger partial charge is 0.0141 e. The third-order valence-electron chi connectivity index (χ3n) is 4.68. The maximum Gasteiger partial charge on any atom is 0.0141 e. The molecule has 2 atom stereocenters. The molecule has 1 fully saturated rings. The molecular formula is C18H29N. The summed E-state index contributed by atoms with van der Waals surface area (Å²) in [7, 11) is 0. The number of aryl methyl sites for hydroxylation is 2. The summed E-state index contributed by atoms with van der Waals surface area (Å²) in [5.74, 6) is 0.846. The van der Waals surface area contributed by atoms with Gasteiger partial charge in [0.1, 0.15) is 0 Å². The van der Waals surface area contributed by atoms with Crippen molar-refractivity contribution in [3.8, 4) is 0 Å². The Kier molecular flexibility index (Phi) is 4.35. The Labute approximate surface area is 118 Å². The molecule has 1 heteroatoms.